The lowest BCUT2D eigenvalue weighted by Crippen LogP contribution is -2.14. The van der Waals surface area contributed by atoms with Crippen LogP contribution < -0.4 is 14.8 Å². The number of nitrogens with one attached hydrogen (secondary N) is 1. The molecule has 0 saturated heterocycles. The molecule has 9 heteroatoms. The second-order valence-corrected chi connectivity index (χ2v) is 7.59. The molecule has 33 heavy (non-hydrogen) atoms. The molecular formula is C24H24FN3O5. The molecule has 1 aromatic heterocycles. The van der Waals surface area contributed by atoms with Crippen molar-refractivity contribution in [3.8, 4) is 22.8 Å². The number of ether oxygens (including phenoxy) is 3. The van der Waals surface area contributed by atoms with E-state index >= 15 is 0 Å². The van der Waals surface area contributed by atoms with Gasteiger partial charge in [0.1, 0.15) is 5.82 Å². The molecule has 1 heterocycles. The number of fused-ring (bicyclic) bond motifs is 3. The Hall–Kier alpha value is -3.88. The number of aromatic nitrogens is 2. The summed E-state index contributed by atoms with van der Waals surface area (Å²) in [6, 6.07) is 9.74. The van der Waals surface area contributed by atoms with E-state index < -0.39 is 0 Å². The summed E-state index contributed by atoms with van der Waals surface area (Å²) < 4.78 is 30.6. The first-order chi connectivity index (χ1) is 15.9. The van der Waals surface area contributed by atoms with Crippen LogP contribution in [0.1, 0.15) is 35.2 Å². The Morgan fingerprint density at radius 3 is 2.55 bits per heavy atom. The third kappa shape index (κ3) is 4.39. The van der Waals surface area contributed by atoms with E-state index in [1.165, 1.54) is 23.9 Å². The molecule has 0 bridgehead atoms. The number of carbonyl (C=O) groups is 2. The summed E-state index contributed by atoms with van der Waals surface area (Å²) in [4.78, 5) is 24.5. The van der Waals surface area contributed by atoms with Crippen molar-refractivity contribution < 1.29 is 28.2 Å². The van der Waals surface area contributed by atoms with Gasteiger partial charge in [-0.3, -0.25) is 9.59 Å². The molecule has 1 aliphatic carbocycles. The summed E-state index contributed by atoms with van der Waals surface area (Å²) in [7, 11) is 4.43. The van der Waals surface area contributed by atoms with Crippen LogP contribution >= 0.6 is 0 Å². The quantitative estimate of drug-likeness (QED) is 0.397. The van der Waals surface area contributed by atoms with Crippen LogP contribution in [0.5, 0.6) is 11.5 Å². The molecule has 0 amide bonds. The largest absolute Gasteiger partial charge is 0.493 e. The van der Waals surface area contributed by atoms with Gasteiger partial charge in [0.15, 0.2) is 17.3 Å². The van der Waals surface area contributed by atoms with E-state index in [0.717, 1.165) is 16.7 Å². The van der Waals surface area contributed by atoms with Gasteiger partial charge in [-0.2, -0.15) is 4.68 Å². The van der Waals surface area contributed by atoms with Crippen molar-refractivity contribution >= 4 is 23.4 Å². The molecule has 1 aliphatic rings. The van der Waals surface area contributed by atoms with Gasteiger partial charge in [0, 0.05) is 36.1 Å². The molecule has 172 valence electrons. The normalized spacial score (nSPS) is 11.5. The van der Waals surface area contributed by atoms with Gasteiger partial charge in [0.25, 0.3) is 0 Å². The van der Waals surface area contributed by atoms with Crippen LogP contribution in [0.3, 0.4) is 0 Å². The summed E-state index contributed by atoms with van der Waals surface area (Å²) >= 11 is 0. The SMILES string of the molecule is COC(=O)CCCC(=O)n1nc(Nc2cccc(F)c2)c2c1-c1cc(OC)c(OC)cc1C2. The molecule has 0 aliphatic heterocycles. The van der Waals surface area contributed by atoms with Crippen LogP contribution in [0.2, 0.25) is 0 Å². The topological polar surface area (TPSA) is 91.7 Å². The highest BCUT2D eigenvalue weighted by Crippen LogP contribution is 2.45. The molecule has 0 unspecified atom stereocenters. The Morgan fingerprint density at radius 2 is 1.85 bits per heavy atom. The van der Waals surface area contributed by atoms with Crippen molar-refractivity contribution in [1.29, 1.82) is 0 Å². The number of hydrogen-bond donors (Lipinski definition) is 1. The smallest absolute Gasteiger partial charge is 0.305 e. The van der Waals surface area contributed by atoms with E-state index in [2.05, 4.69) is 15.2 Å². The minimum atomic E-state index is -0.382. The first-order valence-electron chi connectivity index (χ1n) is 10.4. The zero-order valence-electron chi connectivity index (χ0n) is 18.6. The van der Waals surface area contributed by atoms with Gasteiger partial charge < -0.3 is 19.5 Å². The number of carbonyl (C=O) groups excluding carboxylic acids is 2. The van der Waals surface area contributed by atoms with Crippen molar-refractivity contribution in [2.24, 2.45) is 0 Å². The Kier molecular flexibility index (Phi) is 6.30. The fraction of sp³-hybridized carbons (Fsp3) is 0.292. The van der Waals surface area contributed by atoms with Crippen LogP contribution in [0.4, 0.5) is 15.9 Å². The van der Waals surface area contributed by atoms with E-state index in [-0.39, 0.29) is 30.5 Å². The van der Waals surface area contributed by atoms with Gasteiger partial charge in [-0.25, -0.2) is 4.39 Å². The van der Waals surface area contributed by atoms with Crippen molar-refractivity contribution in [2.45, 2.75) is 25.7 Å². The summed E-state index contributed by atoms with van der Waals surface area (Å²) in [6.07, 6.45) is 1.11. The summed E-state index contributed by atoms with van der Waals surface area (Å²) in [5.74, 6) is 0.576. The minimum Gasteiger partial charge on any atom is -0.493 e. The molecule has 0 fully saturated rings. The standard InChI is InChI=1S/C24H24FN3O5/c1-31-19-11-14-10-18-23(17(14)13-20(19)32-2)28(21(29)8-5-9-22(30)33-3)27-24(18)26-16-7-4-6-15(25)12-16/h4,6-7,11-13H,5,8-10H2,1-3H3,(H,26,27). The lowest BCUT2D eigenvalue weighted by molar-refractivity contribution is -0.140. The fourth-order valence-corrected chi connectivity index (χ4v) is 3.95. The molecule has 0 saturated carbocycles. The zero-order chi connectivity index (χ0) is 23.5. The highest BCUT2D eigenvalue weighted by molar-refractivity contribution is 5.91. The van der Waals surface area contributed by atoms with Gasteiger partial charge in [-0.05, 0) is 42.3 Å². The molecule has 3 aromatic rings. The van der Waals surface area contributed by atoms with E-state index in [9.17, 15) is 14.0 Å². The molecule has 2 aromatic carbocycles. The summed E-state index contributed by atoms with van der Waals surface area (Å²) in [5.41, 5.74) is 3.74. The lowest BCUT2D eigenvalue weighted by atomic mass is 10.1. The molecular weight excluding hydrogens is 429 g/mol. The number of nitrogens with zero attached hydrogens (tertiary/aromatic N) is 2. The maximum Gasteiger partial charge on any atom is 0.305 e. The van der Waals surface area contributed by atoms with Crippen LogP contribution in [0.25, 0.3) is 11.3 Å². The number of esters is 1. The Bertz CT molecular complexity index is 1220. The number of methoxy groups -OCH3 is 3. The second-order valence-electron chi connectivity index (χ2n) is 7.59. The van der Waals surface area contributed by atoms with Gasteiger partial charge in [-0.1, -0.05) is 6.07 Å². The monoisotopic (exact) mass is 453 g/mol. The van der Waals surface area contributed by atoms with E-state index in [1.54, 1.807) is 26.4 Å². The fourth-order valence-electron chi connectivity index (χ4n) is 3.95. The average Bonchev–Trinajstić information content (AvgIpc) is 3.35. The predicted octanol–water partition coefficient (Wildman–Crippen LogP) is 4.34. The number of hydrogen-bond acceptors (Lipinski definition) is 7. The first-order valence-corrected chi connectivity index (χ1v) is 10.4. The molecule has 8 nitrogen and oxygen atoms in total. The van der Waals surface area contributed by atoms with E-state index in [4.69, 9.17) is 9.47 Å². The van der Waals surface area contributed by atoms with Crippen molar-refractivity contribution in [2.75, 3.05) is 26.6 Å². The second kappa shape index (κ2) is 9.32. The predicted molar refractivity (Wildman–Crippen MR) is 120 cm³/mol. The first kappa shape index (κ1) is 22.3. The summed E-state index contributed by atoms with van der Waals surface area (Å²) in [5, 5.41) is 7.65. The van der Waals surface area contributed by atoms with Crippen molar-refractivity contribution in [3.05, 3.63) is 53.3 Å². The zero-order valence-corrected chi connectivity index (χ0v) is 18.6. The summed E-state index contributed by atoms with van der Waals surface area (Å²) in [6.45, 7) is 0. The number of benzene rings is 2. The van der Waals surface area contributed by atoms with Crippen molar-refractivity contribution in [3.63, 3.8) is 0 Å². The minimum absolute atomic E-state index is 0.116. The van der Waals surface area contributed by atoms with E-state index in [0.29, 0.717) is 41.5 Å². The van der Waals surface area contributed by atoms with Crippen LogP contribution in [-0.2, 0) is 16.0 Å². The third-order valence-corrected chi connectivity index (χ3v) is 5.54. The van der Waals surface area contributed by atoms with Crippen LogP contribution in [0.15, 0.2) is 36.4 Å². The maximum absolute atomic E-state index is 13.7. The molecule has 0 radical (unpaired) electrons. The van der Waals surface area contributed by atoms with Gasteiger partial charge >= 0.3 is 5.97 Å². The number of halogens is 1. The van der Waals surface area contributed by atoms with E-state index in [1.807, 2.05) is 12.1 Å². The third-order valence-electron chi connectivity index (χ3n) is 5.54. The molecule has 4 rings (SSSR count). The van der Waals surface area contributed by atoms with Gasteiger partial charge in [0.05, 0.1) is 27.0 Å². The van der Waals surface area contributed by atoms with Crippen LogP contribution in [-0.4, -0.2) is 43.0 Å². The molecule has 1 N–H and O–H groups in total. The van der Waals surface area contributed by atoms with Crippen molar-refractivity contribution in [1.82, 2.24) is 9.78 Å². The Morgan fingerprint density at radius 1 is 1.09 bits per heavy atom. The Labute approximate surface area is 190 Å². The average molecular weight is 453 g/mol. The van der Waals surface area contributed by atoms with Gasteiger partial charge in [-0.15, -0.1) is 5.10 Å². The molecule has 0 spiro atoms. The lowest BCUT2D eigenvalue weighted by Gasteiger charge is -2.12. The Balaban J connectivity index is 1.74. The number of anilines is 2. The maximum atomic E-state index is 13.7. The number of rotatable bonds is 8. The van der Waals surface area contributed by atoms with Crippen LogP contribution in [0, 0.1) is 5.82 Å². The highest BCUT2D eigenvalue weighted by atomic mass is 19.1. The van der Waals surface area contributed by atoms with Gasteiger partial charge in [0.2, 0.25) is 5.91 Å². The highest BCUT2D eigenvalue weighted by Gasteiger charge is 2.31. The molecule has 0 atom stereocenters.